The molecular weight excluding hydrogens is 348 g/mol. The molecule has 0 aliphatic rings. The molecule has 8 heteroatoms. The molecule has 4 heterocycles. The summed E-state index contributed by atoms with van der Waals surface area (Å²) < 4.78 is 1.72. The largest absolute Gasteiger partial charge is 0.320 e. The smallest absolute Gasteiger partial charge is 0.267 e. The number of carbonyl (C=O) groups is 1. The van der Waals surface area contributed by atoms with E-state index in [1.807, 2.05) is 45.2 Å². The lowest BCUT2D eigenvalue weighted by Gasteiger charge is -2.04. The fourth-order valence-corrected chi connectivity index (χ4v) is 3.71. The van der Waals surface area contributed by atoms with Crippen LogP contribution >= 0.6 is 11.3 Å². The molecule has 0 atom stereocenters. The number of anilines is 1. The zero-order valence-corrected chi connectivity index (χ0v) is 15.3. The van der Waals surface area contributed by atoms with Gasteiger partial charge in [0.1, 0.15) is 9.88 Å². The van der Waals surface area contributed by atoms with Crippen molar-refractivity contribution in [2.75, 3.05) is 5.32 Å². The standard InChI is InChI=1S/C18H16N6OS/c1-10-13-8-12(9-20-16(13)24(3)23-10)22-17(25)15-11(2)21-18(26-15)14-6-4-5-7-19-14/h4-9H,1-3H3,(H,22,25). The Kier molecular flexibility index (Phi) is 3.96. The van der Waals surface area contributed by atoms with E-state index < -0.39 is 0 Å². The van der Waals surface area contributed by atoms with Gasteiger partial charge in [0.25, 0.3) is 5.91 Å². The van der Waals surface area contributed by atoms with E-state index in [2.05, 4.69) is 25.4 Å². The van der Waals surface area contributed by atoms with Crippen LogP contribution in [-0.2, 0) is 7.05 Å². The molecule has 0 spiro atoms. The fourth-order valence-electron chi connectivity index (χ4n) is 2.77. The average molecular weight is 364 g/mol. The van der Waals surface area contributed by atoms with Crippen molar-refractivity contribution in [1.29, 1.82) is 0 Å². The summed E-state index contributed by atoms with van der Waals surface area (Å²) in [5.41, 5.74) is 3.73. The summed E-state index contributed by atoms with van der Waals surface area (Å²) in [6.45, 7) is 3.74. The minimum Gasteiger partial charge on any atom is -0.320 e. The number of hydrogen-bond donors (Lipinski definition) is 1. The van der Waals surface area contributed by atoms with Crippen LogP contribution in [0.3, 0.4) is 0 Å². The number of aromatic nitrogens is 5. The van der Waals surface area contributed by atoms with E-state index in [0.29, 0.717) is 16.3 Å². The number of aryl methyl sites for hydroxylation is 3. The van der Waals surface area contributed by atoms with Gasteiger partial charge in [0.15, 0.2) is 5.65 Å². The molecule has 0 saturated heterocycles. The monoisotopic (exact) mass is 364 g/mol. The van der Waals surface area contributed by atoms with E-state index in [0.717, 1.165) is 27.4 Å². The van der Waals surface area contributed by atoms with Gasteiger partial charge in [-0.15, -0.1) is 11.3 Å². The SMILES string of the molecule is Cc1nc(-c2ccccn2)sc1C(=O)Nc1cnc2c(c1)c(C)nn2C. The second-order valence-electron chi connectivity index (χ2n) is 5.91. The zero-order chi connectivity index (χ0) is 18.3. The van der Waals surface area contributed by atoms with E-state index in [-0.39, 0.29) is 5.91 Å². The highest BCUT2D eigenvalue weighted by Crippen LogP contribution is 2.27. The van der Waals surface area contributed by atoms with Gasteiger partial charge in [-0.05, 0) is 32.0 Å². The number of rotatable bonds is 3. The lowest BCUT2D eigenvalue weighted by Crippen LogP contribution is -2.11. The Balaban J connectivity index is 1.63. The molecule has 1 amide bonds. The second kappa shape index (κ2) is 6.30. The van der Waals surface area contributed by atoms with Crippen LogP contribution in [-0.4, -0.2) is 30.6 Å². The molecule has 0 radical (unpaired) electrons. The molecule has 130 valence electrons. The van der Waals surface area contributed by atoms with Gasteiger partial charge in [0.05, 0.1) is 29.0 Å². The third-order valence-corrected chi connectivity index (χ3v) is 5.19. The summed E-state index contributed by atoms with van der Waals surface area (Å²) in [7, 11) is 1.85. The van der Waals surface area contributed by atoms with Gasteiger partial charge in [0.2, 0.25) is 0 Å². The first-order valence-electron chi connectivity index (χ1n) is 8.02. The summed E-state index contributed by atoms with van der Waals surface area (Å²) in [6, 6.07) is 7.51. The maximum atomic E-state index is 12.7. The van der Waals surface area contributed by atoms with Gasteiger partial charge < -0.3 is 5.32 Å². The lowest BCUT2D eigenvalue weighted by atomic mass is 10.2. The molecule has 0 fully saturated rings. The predicted octanol–water partition coefficient (Wildman–Crippen LogP) is 3.36. The van der Waals surface area contributed by atoms with E-state index in [1.165, 1.54) is 11.3 Å². The molecule has 4 aromatic heterocycles. The highest BCUT2D eigenvalue weighted by atomic mass is 32.1. The molecule has 0 bridgehead atoms. The van der Waals surface area contributed by atoms with Crippen LogP contribution in [0.1, 0.15) is 21.1 Å². The van der Waals surface area contributed by atoms with Crippen molar-refractivity contribution in [3.63, 3.8) is 0 Å². The number of hydrogen-bond acceptors (Lipinski definition) is 6. The van der Waals surface area contributed by atoms with E-state index >= 15 is 0 Å². The topological polar surface area (TPSA) is 85.6 Å². The van der Waals surface area contributed by atoms with Crippen LogP contribution < -0.4 is 5.32 Å². The van der Waals surface area contributed by atoms with Gasteiger partial charge >= 0.3 is 0 Å². The Morgan fingerprint density at radius 2 is 2.04 bits per heavy atom. The number of fused-ring (bicyclic) bond motifs is 1. The summed E-state index contributed by atoms with van der Waals surface area (Å²) in [4.78, 5) is 26.4. The first-order chi connectivity index (χ1) is 12.5. The predicted molar refractivity (Wildman–Crippen MR) is 101 cm³/mol. The van der Waals surface area contributed by atoms with Crippen LogP contribution in [0.5, 0.6) is 0 Å². The molecule has 0 aliphatic carbocycles. The number of nitrogens with zero attached hydrogens (tertiary/aromatic N) is 5. The van der Waals surface area contributed by atoms with Crippen LogP contribution in [0, 0.1) is 13.8 Å². The molecule has 4 rings (SSSR count). The third kappa shape index (κ3) is 2.84. The molecule has 1 N–H and O–H groups in total. The lowest BCUT2D eigenvalue weighted by molar-refractivity contribution is 0.103. The first kappa shape index (κ1) is 16.3. The van der Waals surface area contributed by atoms with Crippen LogP contribution in [0.25, 0.3) is 21.7 Å². The fraction of sp³-hybridized carbons (Fsp3) is 0.167. The van der Waals surface area contributed by atoms with Crippen LogP contribution in [0.4, 0.5) is 5.69 Å². The number of nitrogens with one attached hydrogen (secondary N) is 1. The number of amides is 1. The third-order valence-electron chi connectivity index (χ3n) is 4.01. The van der Waals surface area contributed by atoms with E-state index in [9.17, 15) is 4.79 Å². The average Bonchev–Trinajstić information content (AvgIpc) is 3.16. The molecule has 7 nitrogen and oxygen atoms in total. The number of thiazole rings is 1. The van der Waals surface area contributed by atoms with Crippen molar-refractivity contribution in [3.05, 3.63) is 52.9 Å². The van der Waals surface area contributed by atoms with Crippen molar-refractivity contribution < 1.29 is 4.79 Å². The second-order valence-corrected chi connectivity index (χ2v) is 6.91. The zero-order valence-electron chi connectivity index (χ0n) is 14.5. The quantitative estimate of drug-likeness (QED) is 0.602. The maximum Gasteiger partial charge on any atom is 0.267 e. The van der Waals surface area contributed by atoms with Crippen molar-refractivity contribution in [3.8, 4) is 10.7 Å². The van der Waals surface area contributed by atoms with Gasteiger partial charge in [-0.3, -0.25) is 14.5 Å². The molecule has 4 aromatic rings. The first-order valence-corrected chi connectivity index (χ1v) is 8.84. The molecule has 0 saturated carbocycles. The van der Waals surface area contributed by atoms with Gasteiger partial charge in [-0.25, -0.2) is 9.97 Å². The van der Waals surface area contributed by atoms with Gasteiger partial charge in [-0.2, -0.15) is 5.10 Å². The Morgan fingerprint density at radius 3 is 2.81 bits per heavy atom. The van der Waals surface area contributed by atoms with Crippen molar-refractivity contribution in [2.24, 2.45) is 7.05 Å². The molecule has 0 unspecified atom stereocenters. The van der Waals surface area contributed by atoms with Gasteiger partial charge in [-0.1, -0.05) is 6.07 Å². The van der Waals surface area contributed by atoms with Crippen LogP contribution in [0.15, 0.2) is 36.7 Å². The minimum absolute atomic E-state index is 0.204. The summed E-state index contributed by atoms with van der Waals surface area (Å²) in [5.74, 6) is -0.204. The minimum atomic E-state index is -0.204. The summed E-state index contributed by atoms with van der Waals surface area (Å²) in [6.07, 6.45) is 3.35. The molecular formula is C18H16N6OS. The molecule has 0 aliphatic heterocycles. The Hall–Kier alpha value is -3.13. The van der Waals surface area contributed by atoms with Crippen LogP contribution in [0.2, 0.25) is 0 Å². The maximum absolute atomic E-state index is 12.7. The Morgan fingerprint density at radius 1 is 1.19 bits per heavy atom. The normalized spacial score (nSPS) is 11.0. The van der Waals surface area contributed by atoms with Gasteiger partial charge in [0, 0.05) is 18.6 Å². The Bertz CT molecular complexity index is 1120. The number of carbonyl (C=O) groups excluding carboxylic acids is 1. The highest BCUT2D eigenvalue weighted by molar-refractivity contribution is 7.17. The molecule has 0 aromatic carbocycles. The number of pyridine rings is 2. The van der Waals surface area contributed by atoms with Crippen molar-refractivity contribution in [2.45, 2.75) is 13.8 Å². The Labute approximate surface area is 153 Å². The summed E-state index contributed by atoms with van der Waals surface area (Å²) in [5, 5.41) is 8.89. The van der Waals surface area contributed by atoms with E-state index in [4.69, 9.17) is 0 Å². The van der Waals surface area contributed by atoms with Crippen molar-refractivity contribution >= 4 is 34.0 Å². The molecule has 26 heavy (non-hydrogen) atoms. The van der Waals surface area contributed by atoms with Crippen molar-refractivity contribution in [1.82, 2.24) is 24.7 Å². The summed E-state index contributed by atoms with van der Waals surface area (Å²) >= 11 is 1.33. The van der Waals surface area contributed by atoms with E-state index in [1.54, 1.807) is 17.1 Å². The highest BCUT2D eigenvalue weighted by Gasteiger charge is 2.17.